The van der Waals surface area contributed by atoms with Crippen LogP contribution in [0.25, 0.3) is 22.3 Å². The first-order valence-corrected chi connectivity index (χ1v) is 7.51. The number of phenolic OH excluding ortho intramolecular Hbond substituents is 3. The average Bonchev–Trinajstić information content (AvgIpc) is 2.94. The number of aliphatic hydroxyl groups excluding tert-OH is 1. The number of benzene rings is 2. The molecule has 0 aliphatic carbocycles. The molecule has 124 valence electrons. The van der Waals surface area contributed by atoms with Crippen LogP contribution in [0.5, 0.6) is 17.2 Å². The molecule has 3 rings (SSSR count). The summed E-state index contributed by atoms with van der Waals surface area (Å²) in [6.45, 7) is 1.81. The summed E-state index contributed by atoms with van der Waals surface area (Å²) in [5, 5.41) is 39.2. The number of hydrogen-bond donors (Lipinski definition) is 4. The zero-order valence-electron chi connectivity index (χ0n) is 13.2. The number of allylic oxidation sites excluding steroid dienone is 1. The number of rotatable bonds is 4. The van der Waals surface area contributed by atoms with Gasteiger partial charge in [0.1, 0.15) is 28.6 Å². The van der Waals surface area contributed by atoms with Gasteiger partial charge in [-0.15, -0.1) is 0 Å². The number of furan rings is 1. The second kappa shape index (κ2) is 6.29. The van der Waals surface area contributed by atoms with Crippen LogP contribution in [0, 0.1) is 0 Å². The summed E-state index contributed by atoms with van der Waals surface area (Å²) in [5.41, 5.74) is 2.61. The highest BCUT2D eigenvalue weighted by Gasteiger charge is 2.11. The van der Waals surface area contributed by atoms with Gasteiger partial charge >= 0.3 is 0 Å². The SMILES string of the molecule is CC(=CCc1cc2cc(-c3cc(O)cc(O)c3)oc2cc1O)CO. The van der Waals surface area contributed by atoms with E-state index in [1.807, 2.05) is 19.1 Å². The van der Waals surface area contributed by atoms with Gasteiger partial charge in [0, 0.05) is 23.1 Å². The van der Waals surface area contributed by atoms with Gasteiger partial charge in [0.15, 0.2) is 0 Å². The van der Waals surface area contributed by atoms with Crippen LogP contribution < -0.4 is 0 Å². The van der Waals surface area contributed by atoms with E-state index < -0.39 is 0 Å². The first-order chi connectivity index (χ1) is 11.5. The quantitative estimate of drug-likeness (QED) is 0.549. The van der Waals surface area contributed by atoms with E-state index in [0.29, 0.717) is 23.3 Å². The Morgan fingerprint density at radius 1 is 1.00 bits per heavy atom. The number of aromatic hydroxyl groups is 3. The molecule has 0 unspecified atom stereocenters. The molecule has 24 heavy (non-hydrogen) atoms. The van der Waals surface area contributed by atoms with Crippen molar-refractivity contribution < 1.29 is 24.8 Å². The first-order valence-electron chi connectivity index (χ1n) is 7.51. The lowest BCUT2D eigenvalue weighted by molar-refractivity contribution is 0.331. The Kier molecular flexibility index (Phi) is 4.18. The number of phenols is 3. The maximum absolute atomic E-state index is 10.1. The van der Waals surface area contributed by atoms with Crippen molar-refractivity contribution in [1.82, 2.24) is 0 Å². The zero-order chi connectivity index (χ0) is 17.3. The lowest BCUT2D eigenvalue weighted by Gasteiger charge is -2.02. The minimum atomic E-state index is -0.0568. The predicted octanol–water partition coefficient (Wildman–Crippen LogP) is 3.70. The van der Waals surface area contributed by atoms with Gasteiger partial charge in [0.2, 0.25) is 0 Å². The molecule has 0 fully saturated rings. The average molecular weight is 326 g/mol. The summed E-state index contributed by atoms with van der Waals surface area (Å²) < 4.78 is 5.71. The Bertz CT molecular complexity index is 901. The van der Waals surface area contributed by atoms with E-state index in [4.69, 9.17) is 9.52 Å². The van der Waals surface area contributed by atoms with Crippen molar-refractivity contribution in [2.75, 3.05) is 6.61 Å². The normalized spacial score (nSPS) is 12.0. The molecule has 0 saturated heterocycles. The summed E-state index contributed by atoms with van der Waals surface area (Å²) in [6.07, 6.45) is 2.36. The highest BCUT2D eigenvalue weighted by Crippen LogP contribution is 2.35. The number of aliphatic hydroxyl groups is 1. The van der Waals surface area contributed by atoms with Crippen molar-refractivity contribution in [3.63, 3.8) is 0 Å². The lowest BCUT2D eigenvalue weighted by Crippen LogP contribution is -1.88. The third kappa shape index (κ3) is 3.21. The van der Waals surface area contributed by atoms with Crippen molar-refractivity contribution in [1.29, 1.82) is 0 Å². The van der Waals surface area contributed by atoms with Gasteiger partial charge in [0.25, 0.3) is 0 Å². The molecule has 0 amide bonds. The van der Waals surface area contributed by atoms with E-state index in [9.17, 15) is 15.3 Å². The standard InChI is InChI=1S/C19H18O5/c1-11(10-20)2-3-12-4-13-7-18(24-19(13)9-17(12)23)14-5-15(21)8-16(22)6-14/h2,4-9,20-23H,3,10H2,1H3. The molecule has 3 aromatic rings. The van der Waals surface area contributed by atoms with E-state index in [2.05, 4.69) is 0 Å². The Morgan fingerprint density at radius 3 is 2.38 bits per heavy atom. The molecule has 0 saturated carbocycles. The van der Waals surface area contributed by atoms with Crippen LogP contribution in [0.15, 0.2) is 52.5 Å². The van der Waals surface area contributed by atoms with E-state index in [1.54, 1.807) is 12.1 Å². The molecule has 0 spiro atoms. The van der Waals surface area contributed by atoms with Crippen molar-refractivity contribution in [3.05, 3.63) is 53.6 Å². The maximum Gasteiger partial charge on any atom is 0.138 e. The molecule has 0 radical (unpaired) electrons. The fourth-order valence-corrected chi connectivity index (χ4v) is 2.52. The van der Waals surface area contributed by atoms with E-state index in [1.165, 1.54) is 18.2 Å². The van der Waals surface area contributed by atoms with E-state index >= 15 is 0 Å². The first kappa shape index (κ1) is 16.0. The van der Waals surface area contributed by atoms with Gasteiger partial charge in [0.05, 0.1) is 6.61 Å². The van der Waals surface area contributed by atoms with Gasteiger partial charge in [-0.25, -0.2) is 0 Å². The Balaban J connectivity index is 2.02. The van der Waals surface area contributed by atoms with Gasteiger partial charge in [-0.1, -0.05) is 11.6 Å². The van der Waals surface area contributed by atoms with Crippen LogP contribution >= 0.6 is 0 Å². The second-order valence-electron chi connectivity index (χ2n) is 5.78. The Labute approximate surface area is 138 Å². The third-order valence-electron chi connectivity index (χ3n) is 3.82. The fraction of sp³-hybridized carbons (Fsp3) is 0.158. The molecule has 0 bridgehead atoms. The summed E-state index contributed by atoms with van der Waals surface area (Å²) in [6, 6.07) is 9.37. The molecule has 0 atom stereocenters. The Morgan fingerprint density at radius 2 is 1.71 bits per heavy atom. The second-order valence-corrected chi connectivity index (χ2v) is 5.78. The Hall–Kier alpha value is -2.92. The molecule has 0 aliphatic heterocycles. The lowest BCUT2D eigenvalue weighted by atomic mass is 10.1. The third-order valence-corrected chi connectivity index (χ3v) is 3.82. The summed E-state index contributed by atoms with van der Waals surface area (Å²) in [5.74, 6) is 0.483. The minimum absolute atomic E-state index is 0.0140. The van der Waals surface area contributed by atoms with Crippen LogP contribution in [-0.4, -0.2) is 27.0 Å². The summed E-state index contributed by atoms with van der Waals surface area (Å²) >= 11 is 0. The van der Waals surface area contributed by atoms with Crippen LogP contribution in [0.4, 0.5) is 0 Å². The van der Waals surface area contributed by atoms with Crippen LogP contribution in [-0.2, 0) is 6.42 Å². The molecule has 5 heteroatoms. The van der Waals surface area contributed by atoms with Crippen molar-refractivity contribution in [2.24, 2.45) is 0 Å². The molecule has 1 aromatic heterocycles. The number of fused-ring (bicyclic) bond motifs is 1. The predicted molar refractivity (Wildman–Crippen MR) is 91.2 cm³/mol. The van der Waals surface area contributed by atoms with Gasteiger partial charge in [-0.3, -0.25) is 0 Å². The van der Waals surface area contributed by atoms with E-state index in [0.717, 1.165) is 16.5 Å². The number of hydrogen-bond acceptors (Lipinski definition) is 5. The van der Waals surface area contributed by atoms with Gasteiger partial charge in [-0.05, 0) is 43.2 Å². The summed E-state index contributed by atoms with van der Waals surface area (Å²) in [4.78, 5) is 0. The molecule has 0 aliphatic rings. The molecule has 2 aromatic carbocycles. The van der Waals surface area contributed by atoms with Crippen LogP contribution in [0.1, 0.15) is 12.5 Å². The van der Waals surface area contributed by atoms with Gasteiger partial charge < -0.3 is 24.8 Å². The van der Waals surface area contributed by atoms with E-state index in [-0.39, 0.29) is 23.9 Å². The fourth-order valence-electron chi connectivity index (χ4n) is 2.52. The highest BCUT2D eigenvalue weighted by atomic mass is 16.3. The smallest absolute Gasteiger partial charge is 0.138 e. The highest BCUT2D eigenvalue weighted by molar-refractivity contribution is 5.85. The van der Waals surface area contributed by atoms with Crippen molar-refractivity contribution in [3.8, 4) is 28.6 Å². The minimum Gasteiger partial charge on any atom is -0.508 e. The zero-order valence-corrected chi connectivity index (χ0v) is 13.2. The topological polar surface area (TPSA) is 94.1 Å². The van der Waals surface area contributed by atoms with Gasteiger partial charge in [-0.2, -0.15) is 0 Å². The monoisotopic (exact) mass is 326 g/mol. The largest absolute Gasteiger partial charge is 0.508 e. The molecule has 1 heterocycles. The maximum atomic E-state index is 10.1. The molecule has 4 N–H and O–H groups in total. The van der Waals surface area contributed by atoms with Crippen molar-refractivity contribution >= 4 is 11.0 Å². The van der Waals surface area contributed by atoms with Crippen molar-refractivity contribution in [2.45, 2.75) is 13.3 Å². The molecular weight excluding hydrogens is 308 g/mol. The molecular formula is C19H18O5. The molecule has 5 nitrogen and oxygen atoms in total. The van der Waals surface area contributed by atoms with Crippen LogP contribution in [0.2, 0.25) is 0 Å². The van der Waals surface area contributed by atoms with Crippen LogP contribution in [0.3, 0.4) is 0 Å². The summed E-state index contributed by atoms with van der Waals surface area (Å²) in [7, 11) is 0.